The highest BCUT2D eigenvalue weighted by Crippen LogP contribution is 2.39. The Morgan fingerprint density at radius 3 is 2.12 bits per heavy atom. The van der Waals surface area contributed by atoms with Crippen LogP contribution >= 0.6 is 0 Å². The van der Waals surface area contributed by atoms with Crippen LogP contribution in [0.2, 0.25) is 0 Å². The number of hydrogen-bond acceptors (Lipinski definition) is 2. The SMILES string of the molecule is COc1c(C)c(C)cc(C)c1C(N)C(F)(F)F. The lowest BCUT2D eigenvalue weighted by atomic mass is 9.94. The molecule has 1 rings (SSSR count). The predicted molar refractivity (Wildman–Crippen MR) is 60.2 cm³/mol. The topological polar surface area (TPSA) is 35.2 Å². The van der Waals surface area contributed by atoms with E-state index < -0.39 is 12.2 Å². The summed E-state index contributed by atoms with van der Waals surface area (Å²) in [7, 11) is 1.35. The second kappa shape index (κ2) is 4.56. The lowest BCUT2D eigenvalue weighted by Gasteiger charge is -2.23. The molecule has 0 radical (unpaired) electrons. The molecule has 5 heteroatoms. The van der Waals surface area contributed by atoms with Crippen molar-refractivity contribution in [2.45, 2.75) is 33.0 Å². The fourth-order valence-corrected chi connectivity index (χ4v) is 1.88. The average Bonchev–Trinajstić information content (AvgIpc) is 2.20. The van der Waals surface area contributed by atoms with Gasteiger partial charge in [0.05, 0.1) is 7.11 Å². The van der Waals surface area contributed by atoms with Gasteiger partial charge in [-0.1, -0.05) is 6.07 Å². The molecular formula is C12H16F3NO. The Kier molecular flexibility index (Phi) is 3.71. The summed E-state index contributed by atoms with van der Waals surface area (Å²) in [6.07, 6.45) is -4.47. The minimum Gasteiger partial charge on any atom is -0.496 e. The maximum absolute atomic E-state index is 12.7. The van der Waals surface area contributed by atoms with Gasteiger partial charge in [-0.3, -0.25) is 0 Å². The van der Waals surface area contributed by atoms with E-state index in [2.05, 4.69) is 0 Å². The lowest BCUT2D eigenvalue weighted by Crippen LogP contribution is -2.29. The Hall–Kier alpha value is -1.23. The van der Waals surface area contributed by atoms with Gasteiger partial charge in [-0.05, 0) is 37.5 Å². The Morgan fingerprint density at radius 1 is 1.18 bits per heavy atom. The molecule has 0 aliphatic rings. The van der Waals surface area contributed by atoms with Gasteiger partial charge >= 0.3 is 6.18 Å². The molecule has 0 bridgehead atoms. The van der Waals surface area contributed by atoms with E-state index in [1.165, 1.54) is 7.11 Å². The Labute approximate surface area is 98.6 Å². The zero-order valence-corrected chi connectivity index (χ0v) is 10.3. The Morgan fingerprint density at radius 2 is 1.71 bits per heavy atom. The molecule has 2 nitrogen and oxygen atoms in total. The summed E-state index contributed by atoms with van der Waals surface area (Å²) >= 11 is 0. The molecular weight excluding hydrogens is 231 g/mol. The van der Waals surface area contributed by atoms with E-state index in [-0.39, 0.29) is 11.3 Å². The van der Waals surface area contributed by atoms with E-state index in [9.17, 15) is 13.2 Å². The van der Waals surface area contributed by atoms with Crippen molar-refractivity contribution in [1.82, 2.24) is 0 Å². The van der Waals surface area contributed by atoms with Crippen LogP contribution in [0, 0.1) is 20.8 Å². The zero-order valence-electron chi connectivity index (χ0n) is 10.3. The van der Waals surface area contributed by atoms with E-state index in [0.29, 0.717) is 11.1 Å². The second-order valence-electron chi connectivity index (χ2n) is 4.10. The standard InChI is InChI=1S/C12H16F3NO/c1-6-5-7(2)9(10(17-4)8(6)3)11(16)12(13,14)15/h5,11H,16H2,1-4H3. The van der Waals surface area contributed by atoms with E-state index in [1.54, 1.807) is 19.9 Å². The smallest absolute Gasteiger partial charge is 0.407 e. The molecule has 1 aromatic rings. The summed E-state index contributed by atoms with van der Waals surface area (Å²) in [5, 5.41) is 0. The van der Waals surface area contributed by atoms with Gasteiger partial charge in [-0.25, -0.2) is 0 Å². The van der Waals surface area contributed by atoms with Crippen molar-refractivity contribution in [3.05, 3.63) is 28.3 Å². The molecule has 0 aliphatic heterocycles. The number of rotatable bonds is 2. The van der Waals surface area contributed by atoms with Crippen LogP contribution in [0.4, 0.5) is 13.2 Å². The summed E-state index contributed by atoms with van der Waals surface area (Å²) in [6, 6.07) is -0.324. The van der Waals surface area contributed by atoms with Crippen molar-refractivity contribution in [3.8, 4) is 5.75 Å². The fourth-order valence-electron chi connectivity index (χ4n) is 1.88. The number of ether oxygens (including phenoxy) is 1. The summed E-state index contributed by atoms with van der Waals surface area (Å²) < 4.78 is 43.1. The summed E-state index contributed by atoms with van der Waals surface area (Å²) in [5.41, 5.74) is 7.35. The van der Waals surface area contributed by atoms with Crippen LogP contribution in [0.5, 0.6) is 5.75 Å². The highest BCUT2D eigenvalue weighted by atomic mass is 19.4. The van der Waals surface area contributed by atoms with Crippen molar-refractivity contribution < 1.29 is 17.9 Å². The molecule has 1 aromatic carbocycles. The van der Waals surface area contributed by atoms with E-state index in [1.807, 2.05) is 6.92 Å². The van der Waals surface area contributed by atoms with Crippen molar-refractivity contribution in [1.29, 1.82) is 0 Å². The van der Waals surface area contributed by atoms with Gasteiger partial charge in [0.1, 0.15) is 11.8 Å². The normalized spacial score (nSPS) is 13.6. The molecule has 1 atom stereocenters. The molecule has 17 heavy (non-hydrogen) atoms. The molecule has 1 unspecified atom stereocenters. The van der Waals surface area contributed by atoms with Crippen LogP contribution < -0.4 is 10.5 Å². The first-order chi connectivity index (χ1) is 7.70. The Bertz CT molecular complexity index is 427. The molecule has 0 fully saturated rings. The van der Waals surface area contributed by atoms with Crippen LogP contribution in [0.25, 0.3) is 0 Å². The van der Waals surface area contributed by atoms with Gasteiger partial charge in [-0.2, -0.15) is 13.2 Å². The number of aryl methyl sites for hydroxylation is 2. The average molecular weight is 247 g/mol. The first-order valence-electron chi connectivity index (χ1n) is 5.17. The largest absolute Gasteiger partial charge is 0.496 e. The monoisotopic (exact) mass is 247 g/mol. The van der Waals surface area contributed by atoms with Crippen molar-refractivity contribution in [2.75, 3.05) is 7.11 Å². The van der Waals surface area contributed by atoms with E-state index in [0.717, 1.165) is 5.56 Å². The van der Waals surface area contributed by atoms with Gasteiger partial charge in [0.25, 0.3) is 0 Å². The molecule has 0 heterocycles. The number of nitrogens with two attached hydrogens (primary N) is 1. The zero-order chi connectivity index (χ0) is 13.4. The second-order valence-corrected chi connectivity index (χ2v) is 4.10. The van der Waals surface area contributed by atoms with Gasteiger partial charge < -0.3 is 10.5 Å². The highest BCUT2D eigenvalue weighted by Gasteiger charge is 2.40. The molecule has 0 amide bonds. The van der Waals surface area contributed by atoms with Gasteiger partial charge in [0.2, 0.25) is 0 Å². The Balaban J connectivity index is 3.47. The molecule has 0 saturated heterocycles. The van der Waals surface area contributed by atoms with Gasteiger partial charge in [0, 0.05) is 5.56 Å². The minimum absolute atomic E-state index is 0.0168. The molecule has 0 aliphatic carbocycles. The quantitative estimate of drug-likeness (QED) is 0.871. The number of halogens is 3. The minimum atomic E-state index is -4.47. The summed E-state index contributed by atoms with van der Waals surface area (Å²) in [5.74, 6) is 0.229. The van der Waals surface area contributed by atoms with Crippen molar-refractivity contribution in [3.63, 3.8) is 0 Å². The molecule has 96 valence electrons. The number of benzene rings is 1. The molecule has 0 aromatic heterocycles. The predicted octanol–water partition coefficient (Wildman–Crippen LogP) is 3.18. The van der Waals surface area contributed by atoms with E-state index in [4.69, 9.17) is 10.5 Å². The first kappa shape index (κ1) is 13.8. The van der Waals surface area contributed by atoms with E-state index >= 15 is 0 Å². The van der Waals surface area contributed by atoms with Crippen LogP contribution in [0.1, 0.15) is 28.3 Å². The van der Waals surface area contributed by atoms with Crippen LogP contribution in [-0.2, 0) is 0 Å². The number of methoxy groups -OCH3 is 1. The lowest BCUT2D eigenvalue weighted by molar-refractivity contribution is -0.149. The molecule has 2 N–H and O–H groups in total. The number of alkyl halides is 3. The maximum atomic E-state index is 12.7. The number of hydrogen-bond donors (Lipinski definition) is 1. The molecule has 0 saturated carbocycles. The van der Waals surface area contributed by atoms with Crippen molar-refractivity contribution in [2.24, 2.45) is 5.73 Å². The molecule has 0 spiro atoms. The fraction of sp³-hybridized carbons (Fsp3) is 0.500. The first-order valence-corrected chi connectivity index (χ1v) is 5.17. The van der Waals surface area contributed by atoms with Crippen molar-refractivity contribution >= 4 is 0 Å². The van der Waals surface area contributed by atoms with Gasteiger partial charge in [0.15, 0.2) is 0 Å². The van der Waals surface area contributed by atoms with Crippen LogP contribution in [0.3, 0.4) is 0 Å². The summed E-state index contributed by atoms with van der Waals surface area (Å²) in [6.45, 7) is 5.16. The van der Waals surface area contributed by atoms with Crippen LogP contribution in [0.15, 0.2) is 6.07 Å². The maximum Gasteiger partial charge on any atom is 0.407 e. The van der Waals surface area contributed by atoms with Crippen LogP contribution in [-0.4, -0.2) is 13.3 Å². The van der Waals surface area contributed by atoms with Gasteiger partial charge in [-0.15, -0.1) is 0 Å². The third kappa shape index (κ3) is 2.54. The summed E-state index contributed by atoms with van der Waals surface area (Å²) in [4.78, 5) is 0. The third-order valence-electron chi connectivity index (χ3n) is 2.90. The highest BCUT2D eigenvalue weighted by molar-refractivity contribution is 5.51. The third-order valence-corrected chi connectivity index (χ3v) is 2.90.